The van der Waals surface area contributed by atoms with Crippen molar-refractivity contribution in [2.75, 3.05) is 0 Å². The van der Waals surface area contributed by atoms with Gasteiger partial charge >= 0.3 is 12.1 Å². The Morgan fingerprint density at radius 2 is 1.92 bits per heavy atom. The van der Waals surface area contributed by atoms with Gasteiger partial charge in [-0.2, -0.15) is 24.5 Å². The predicted molar refractivity (Wildman–Crippen MR) is 138 cm³/mol. The minimum absolute atomic E-state index is 0.523. The molecule has 2 aromatic heterocycles. The number of ether oxygens (including phenoxy) is 1. The quantitative estimate of drug-likeness (QED) is 0.215. The summed E-state index contributed by atoms with van der Waals surface area (Å²) in [6.45, 7) is 3.35. The Balaban J connectivity index is 1.55. The maximum atomic E-state index is 13.0. The number of halogens is 3. The first-order chi connectivity index (χ1) is 17.1. The van der Waals surface area contributed by atoms with Crippen LogP contribution in [0.1, 0.15) is 34.2 Å². The Labute approximate surface area is 218 Å². The lowest BCUT2D eigenvalue weighted by molar-refractivity contribution is -0.144. The molecule has 1 unspecified atom stereocenters. The van der Waals surface area contributed by atoms with Gasteiger partial charge in [0.15, 0.2) is 6.10 Å². The van der Waals surface area contributed by atoms with Crippen molar-refractivity contribution in [3.05, 3.63) is 86.6 Å². The minimum Gasteiger partial charge on any atom is -0.479 e. The van der Waals surface area contributed by atoms with E-state index in [0.717, 1.165) is 38.7 Å². The summed E-state index contributed by atoms with van der Waals surface area (Å²) in [7, 11) is 0. The molecule has 0 aliphatic rings. The van der Waals surface area contributed by atoms with Crippen LogP contribution in [0.15, 0.2) is 64.2 Å². The predicted octanol–water partition coefficient (Wildman–Crippen LogP) is 7.93. The first kappa shape index (κ1) is 26.2. The maximum Gasteiger partial charge on any atom is 0.416 e. The number of rotatable bonds is 9. The fraction of sp³-hybridized carbons (Fsp3) is 0.231. The average Bonchev–Trinajstić information content (AvgIpc) is 3.49. The molecule has 10 heteroatoms. The van der Waals surface area contributed by atoms with E-state index in [1.54, 1.807) is 29.2 Å². The summed E-state index contributed by atoms with van der Waals surface area (Å²) < 4.78 is 44.4. The summed E-state index contributed by atoms with van der Waals surface area (Å²) >= 11 is 4.71. The van der Waals surface area contributed by atoms with E-state index in [4.69, 9.17) is 14.8 Å². The largest absolute Gasteiger partial charge is 0.479 e. The molecule has 0 saturated carbocycles. The number of aryl methyl sites for hydroxylation is 1. The third kappa shape index (κ3) is 6.48. The fourth-order valence-corrected chi connectivity index (χ4v) is 6.23. The van der Waals surface area contributed by atoms with Gasteiger partial charge in [-0.3, -0.25) is 0 Å². The second kappa shape index (κ2) is 11.1. The van der Waals surface area contributed by atoms with E-state index in [1.165, 1.54) is 30.4 Å². The summed E-state index contributed by atoms with van der Waals surface area (Å²) in [5.74, 6) is 0.137. The zero-order valence-electron chi connectivity index (χ0n) is 19.3. The van der Waals surface area contributed by atoms with E-state index in [1.807, 2.05) is 30.5 Å². The summed E-state index contributed by atoms with van der Waals surface area (Å²) in [6.07, 6.45) is -4.67. The average molecular weight is 550 g/mol. The lowest BCUT2D eigenvalue weighted by Crippen LogP contribution is -2.23. The number of hydrogen-bond donors (Lipinski definition) is 1. The molecule has 4 rings (SSSR count). The molecule has 188 valence electrons. The number of benzene rings is 2. The highest BCUT2D eigenvalue weighted by Gasteiger charge is 2.30. The number of aromatic nitrogens is 1. The van der Waals surface area contributed by atoms with Gasteiger partial charge in [-0.25, -0.2) is 9.78 Å². The molecule has 4 aromatic rings. The first-order valence-corrected chi connectivity index (χ1v) is 13.6. The van der Waals surface area contributed by atoms with Gasteiger partial charge in [-0.1, -0.05) is 12.1 Å². The van der Waals surface area contributed by atoms with Gasteiger partial charge < -0.3 is 9.84 Å². The summed E-state index contributed by atoms with van der Waals surface area (Å²) in [4.78, 5) is 17.9. The van der Waals surface area contributed by atoms with Crippen molar-refractivity contribution >= 4 is 40.4 Å². The zero-order valence-corrected chi connectivity index (χ0v) is 21.8. The van der Waals surface area contributed by atoms with Crippen molar-refractivity contribution in [3.63, 3.8) is 0 Å². The number of thiazole rings is 1. The van der Waals surface area contributed by atoms with Crippen LogP contribution in [0.2, 0.25) is 0 Å². The monoisotopic (exact) mass is 549 g/mol. The van der Waals surface area contributed by atoms with Crippen molar-refractivity contribution < 1.29 is 27.8 Å². The molecule has 1 N–H and O–H groups in total. The van der Waals surface area contributed by atoms with Crippen LogP contribution in [0.25, 0.3) is 10.6 Å². The number of alkyl halides is 3. The van der Waals surface area contributed by atoms with Crippen LogP contribution in [0, 0.1) is 6.92 Å². The van der Waals surface area contributed by atoms with Gasteiger partial charge in [-0.15, -0.1) is 23.1 Å². The first-order valence-electron chi connectivity index (χ1n) is 10.9. The van der Waals surface area contributed by atoms with E-state index in [2.05, 4.69) is 5.38 Å². The molecule has 0 saturated heterocycles. The lowest BCUT2D eigenvalue weighted by atomic mass is 10.1. The fourth-order valence-electron chi connectivity index (χ4n) is 3.38. The summed E-state index contributed by atoms with van der Waals surface area (Å²) in [5, 5.41) is 13.8. The molecule has 0 amide bonds. The van der Waals surface area contributed by atoms with E-state index in [9.17, 15) is 18.0 Å². The lowest BCUT2D eigenvalue weighted by Gasteiger charge is -2.13. The molecule has 0 fully saturated rings. The van der Waals surface area contributed by atoms with Gasteiger partial charge in [0.05, 0.1) is 11.3 Å². The number of hydrogen-bond acceptors (Lipinski definition) is 6. The molecule has 0 spiro atoms. The molecule has 0 radical (unpaired) electrons. The molecular weight excluding hydrogens is 527 g/mol. The second-order valence-corrected chi connectivity index (χ2v) is 11.0. The highest BCUT2D eigenvalue weighted by atomic mass is 32.2. The van der Waals surface area contributed by atoms with Crippen LogP contribution >= 0.6 is 34.4 Å². The van der Waals surface area contributed by atoms with Gasteiger partial charge in [0.1, 0.15) is 10.8 Å². The Morgan fingerprint density at radius 3 is 2.53 bits per heavy atom. The molecule has 1 atom stereocenters. The summed E-state index contributed by atoms with van der Waals surface area (Å²) in [5.41, 5.74) is 2.85. The van der Waals surface area contributed by atoms with E-state index < -0.39 is 23.8 Å². The van der Waals surface area contributed by atoms with Gasteiger partial charge in [0.25, 0.3) is 0 Å². The molecule has 0 aliphatic heterocycles. The van der Waals surface area contributed by atoms with Crippen molar-refractivity contribution in [3.8, 4) is 16.3 Å². The third-order valence-corrected chi connectivity index (χ3v) is 8.44. The normalized spacial score (nSPS) is 12.5. The van der Waals surface area contributed by atoms with Gasteiger partial charge in [0, 0.05) is 27.5 Å². The van der Waals surface area contributed by atoms with Crippen LogP contribution in [-0.4, -0.2) is 22.2 Å². The van der Waals surface area contributed by atoms with Crippen molar-refractivity contribution in [2.45, 2.75) is 43.2 Å². The van der Waals surface area contributed by atoms with Crippen LogP contribution in [0.5, 0.6) is 5.75 Å². The number of carbonyl (C=O) groups is 1. The second-order valence-electron chi connectivity index (χ2n) is 8.09. The molecule has 0 aliphatic carbocycles. The standard InChI is InChI=1S/C26H22F3NO3S3/c1-15-11-20(7-8-22(15)33-16(2)25(31)32)35-14-23-21(12-17-9-10-34-13-17)30-24(36-23)18-3-5-19(6-4-18)26(27,28)29/h3-11,13,16H,12,14H2,1-2H3,(H,31,32). The smallest absolute Gasteiger partial charge is 0.416 e. The Bertz CT molecular complexity index is 1330. The van der Waals surface area contributed by atoms with Crippen molar-refractivity contribution in [2.24, 2.45) is 0 Å². The SMILES string of the molecule is Cc1cc(SCc2sc(-c3ccc(C(F)(F)F)cc3)nc2Cc2ccsc2)ccc1OC(C)C(=O)O. The highest BCUT2D eigenvalue weighted by Crippen LogP contribution is 2.37. The summed E-state index contributed by atoms with van der Waals surface area (Å²) in [6, 6.07) is 12.7. The molecule has 2 aromatic carbocycles. The zero-order chi connectivity index (χ0) is 25.9. The van der Waals surface area contributed by atoms with Gasteiger partial charge in [0.2, 0.25) is 0 Å². The van der Waals surface area contributed by atoms with Crippen molar-refractivity contribution in [1.29, 1.82) is 0 Å². The topological polar surface area (TPSA) is 59.4 Å². The number of carboxylic acids is 1. The van der Waals surface area contributed by atoms with Crippen LogP contribution in [0.3, 0.4) is 0 Å². The number of aliphatic carboxylic acids is 1. The Hall–Kier alpha value is -2.82. The van der Waals surface area contributed by atoms with E-state index >= 15 is 0 Å². The molecule has 2 heterocycles. The third-order valence-electron chi connectivity index (χ3n) is 5.36. The number of nitrogens with zero attached hydrogens (tertiary/aromatic N) is 1. The van der Waals surface area contributed by atoms with Crippen LogP contribution < -0.4 is 4.74 Å². The Kier molecular flexibility index (Phi) is 8.07. The molecule has 0 bridgehead atoms. The molecule has 4 nitrogen and oxygen atoms in total. The van der Waals surface area contributed by atoms with E-state index in [0.29, 0.717) is 28.5 Å². The Morgan fingerprint density at radius 1 is 1.17 bits per heavy atom. The number of thioether (sulfide) groups is 1. The van der Waals surface area contributed by atoms with Gasteiger partial charge in [-0.05, 0) is 72.1 Å². The highest BCUT2D eigenvalue weighted by molar-refractivity contribution is 7.98. The van der Waals surface area contributed by atoms with E-state index in [-0.39, 0.29) is 0 Å². The van der Waals surface area contributed by atoms with Crippen LogP contribution in [0.4, 0.5) is 13.2 Å². The molecular formula is C26H22F3NO3S3. The maximum absolute atomic E-state index is 13.0. The minimum atomic E-state index is -4.38. The number of carboxylic acid groups (broad SMARTS) is 1. The number of thiophene rings is 1. The molecule has 36 heavy (non-hydrogen) atoms. The van der Waals surface area contributed by atoms with Crippen LogP contribution in [-0.2, 0) is 23.1 Å². The van der Waals surface area contributed by atoms with Crippen molar-refractivity contribution in [1.82, 2.24) is 4.98 Å².